The second kappa shape index (κ2) is 7.07. The number of nitrogens with two attached hydrogens (primary N) is 2. The fraction of sp³-hybridized carbons (Fsp3) is 0.615. The van der Waals surface area contributed by atoms with E-state index in [0.717, 1.165) is 11.3 Å². The van der Waals surface area contributed by atoms with E-state index in [0.29, 0.717) is 18.4 Å². The van der Waals surface area contributed by atoms with Crippen molar-refractivity contribution in [2.75, 3.05) is 18.0 Å². The maximum absolute atomic E-state index is 11.2. The van der Waals surface area contributed by atoms with E-state index >= 15 is 0 Å². The maximum atomic E-state index is 11.2. The molecular formula is C13H24N6O2. The SMILES string of the molecule is Cc1nn(C)c(N(CC(N)=O)CC(N)=O)c1CNC(C)C. The van der Waals surface area contributed by atoms with Crippen molar-refractivity contribution in [1.29, 1.82) is 0 Å². The molecule has 2 amide bonds. The van der Waals surface area contributed by atoms with Crippen molar-refractivity contribution >= 4 is 17.6 Å². The molecule has 1 aromatic heterocycles. The van der Waals surface area contributed by atoms with Gasteiger partial charge in [0.05, 0.1) is 18.8 Å². The third-order valence-corrected chi connectivity index (χ3v) is 2.99. The molecule has 1 aromatic rings. The summed E-state index contributed by atoms with van der Waals surface area (Å²) < 4.78 is 1.64. The van der Waals surface area contributed by atoms with E-state index in [2.05, 4.69) is 10.4 Å². The number of aryl methyl sites for hydroxylation is 2. The molecule has 0 aliphatic rings. The summed E-state index contributed by atoms with van der Waals surface area (Å²) in [6.45, 7) is 6.37. The van der Waals surface area contributed by atoms with Crippen LogP contribution in [0, 0.1) is 6.92 Å². The zero-order chi connectivity index (χ0) is 16.2. The van der Waals surface area contributed by atoms with Crippen LogP contribution in [0.25, 0.3) is 0 Å². The molecule has 0 bridgehead atoms. The van der Waals surface area contributed by atoms with Crippen molar-refractivity contribution in [3.05, 3.63) is 11.3 Å². The highest BCUT2D eigenvalue weighted by molar-refractivity contribution is 5.84. The number of carbonyl (C=O) groups is 2. The van der Waals surface area contributed by atoms with Gasteiger partial charge in [-0.1, -0.05) is 13.8 Å². The van der Waals surface area contributed by atoms with Crippen LogP contribution >= 0.6 is 0 Å². The molecule has 1 heterocycles. The summed E-state index contributed by atoms with van der Waals surface area (Å²) >= 11 is 0. The summed E-state index contributed by atoms with van der Waals surface area (Å²) in [5.74, 6) is -0.381. The molecule has 0 saturated heterocycles. The molecule has 0 aromatic carbocycles. The Hall–Kier alpha value is -2.09. The van der Waals surface area contributed by atoms with Crippen molar-refractivity contribution in [3.63, 3.8) is 0 Å². The molecule has 0 saturated carbocycles. The predicted octanol–water partition coefficient (Wildman–Crippen LogP) is -0.996. The molecule has 0 aliphatic carbocycles. The number of aromatic nitrogens is 2. The van der Waals surface area contributed by atoms with Crippen molar-refractivity contribution in [1.82, 2.24) is 15.1 Å². The van der Waals surface area contributed by atoms with Crippen LogP contribution in [-0.2, 0) is 23.2 Å². The highest BCUT2D eigenvalue weighted by atomic mass is 16.2. The largest absolute Gasteiger partial charge is 0.368 e. The predicted molar refractivity (Wildman–Crippen MR) is 80.5 cm³/mol. The molecule has 8 heteroatoms. The molecule has 5 N–H and O–H groups in total. The molecule has 118 valence electrons. The van der Waals surface area contributed by atoms with Crippen molar-refractivity contribution in [2.24, 2.45) is 18.5 Å². The molecule has 1 rings (SSSR count). The van der Waals surface area contributed by atoms with E-state index in [4.69, 9.17) is 11.5 Å². The van der Waals surface area contributed by atoms with Gasteiger partial charge in [0.2, 0.25) is 11.8 Å². The first kappa shape index (κ1) is 17.0. The molecule has 0 unspecified atom stereocenters. The number of nitrogens with one attached hydrogen (secondary N) is 1. The highest BCUT2D eigenvalue weighted by Crippen LogP contribution is 2.23. The van der Waals surface area contributed by atoms with Gasteiger partial charge in [0, 0.05) is 25.2 Å². The van der Waals surface area contributed by atoms with Crippen LogP contribution in [-0.4, -0.2) is 40.7 Å². The number of primary amides is 2. The Morgan fingerprint density at radius 2 is 1.81 bits per heavy atom. The Morgan fingerprint density at radius 1 is 1.29 bits per heavy atom. The maximum Gasteiger partial charge on any atom is 0.237 e. The lowest BCUT2D eigenvalue weighted by Gasteiger charge is -2.23. The van der Waals surface area contributed by atoms with Gasteiger partial charge in [-0.2, -0.15) is 5.10 Å². The second-order valence-corrected chi connectivity index (χ2v) is 5.34. The Morgan fingerprint density at radius 3 is 2.24 bits per heavy atom. The average molecular weight is 296 g/mol. The molecule has 0 fully saturated rings. The van der Waals surface area contributed by atoms with E-state index in [1.807, 2.05) is 20.8 Å². The molecular weight excluding hydrogens is 272 g/mol. The van der Waals surface area contributed by atoms with Crippen LogP contribution in [0.3, 0.4) is 0 Å². The summed E-state index contributed by atoms with van der Waals surface area (Å²) in [6.07, 6.45) is 0. The molecule has 0 aliphatic heterocycles. The van der Waals surface area contributed by atoms with Gasteiger partial charge in [0.1, 0.15) is 5.82 Å². The first-order valence-corrected chi connectivity index (χ1v) is 6.79. The minimum atomic E-state index is -0.530. The molecule has 8 nitrogen and oxygen atoms in total. The third-order valence-electron chi connectivity index (χ3n) is 2.99. The highest BCUT2D eigenvalue weighted by Gasteiger charge is 2.22. The fourth-order valence-corrected chi connectivity index (χ4v) is 2.18. The van der Waals surface area contributed by atoms with E-state index in [1.165, 1.54) is 0 Å². The number of amides is 2. The lowest BCUT2D eigenvalue weighted by atomic mass is 10.2. The van der Waals surface area contributed by atoms with Crippen LogP contribution < -0.4 is 21.7 Å². The Bertz CT molecular complexity index is 507. The summed E-state index contributed by atoms with van der Waals surface area (Å²) in [5, 5.41) is 7.66. The quantitative estimate of drug-likeness (QED) is 0.568. The van der Waals surface area contributed by atoms with Gasteiger partial charge in [-0.25, -0.2) is 0 Å². The molecule has 0 radical (unpaired) electrons. The van der Waals surface area contributed by atoms with E-state index in [9.17, 15) is 9.59 Å². The zero-order valence-electron chi connectivity index (χ0n) is 13.0. The fourth-order valence-electron chi connectivity index (χ4n) is 2.18. The Kier molecular flexibility index (Phi) is 5.71. The first-order chi connectivity index (χ1) is 9.72. The minimum Gasteiger partial charge on any atom is -0.368 e. The number of carbonyl (C=O) groups excluding carboxylic acids is 2. The number of rotatable bonds is 8. The van der Waals surface area contributed by atoms with Crippen molar-refractivity contribution in [2.45, 2.75) is 33.4 Å². The first-order valence-electron chi connectivity index (χ1n) is 6.79. The number of hydrogen-bond acceptors (Lipinski definition) is 5. The van der Waals surface area contributed by atoms with E-state index in [1.54, 1.807) is 16.6 Å². The molecule has 0 atom stereocenters. The topological polar surface area (TPSA) is 119 Å². The molecule has 21 heavy (non-hydrogen) atoms. The number of nitrogens with zero attached hydrogens (tertiary/aromatic N) is 3. The Labute approximate surface area is 124 Å². The van der Waals surface area contributed by atoms with E-state index in [-0.39, 0.29) is 13.1 Å². The summed E-state index contributed by atoms with van der Waals surface area (Å²) in [5.41, 5.74) is 12.3. The van der Waals surface area contributed by atoms with Crippen LogP contribution in [0.4, 0.5) is 5.82 Å². The van der Waals surface area contributed by atoms with Gasteiger partial charge in [-0.05, 0) is 6.92 Å². The summed E-state index contributed by atoms with van der Waals surface area (Å²) in [4.78, 5) is 24.0. The monoisotopic (exact) mass is 296 g/mol. The van der Waals surface area contributed by atoms with Crippen LogP contribution in [0.15, 0.2) is 0 Å². The normalized spacial score (nSPS) is 10.9. The summed E-state index contributed by atoms with van der Waals surface area (Å²) in [6, 6.07) is 0.304. The molecule has 0 spiro atoms. The lowest BCUT2D eigenvalue weighted by molar-refractivity contribution is -0.117. The Balaban J connectivity index is 3.15. The number of anilines is 1. The minimum absolute atomic E-state index is 0.0867. The van der Waals surface area contributed by atoms with Crippen molar-refractivity contribution < 1.29 is 9.59 Å². The standard InChI is InChI=1S/C13H24N6O2/c1-8(2)16-5-10-9(3)17-18(4)13(10)19(6-11(14)20)7-12(15)21/h8,16H,5-7H2,1-4H3,(H2,14,20)(H2,15,21). The van der Waals surface area contributed by atoms with Crippen LogP contribution in [0.5, 0.6) is 0 Å². The van der Waals surface area contributed by atoms with Crippen LogP contribution in [0.1, 0.15) is 25.1 Å². The van der Waals surface area contributed by atoms with Gasteiger partial charge < -0.3 is 21.7 Å². The lowest BCUT2D eigenvalue weighted by Crippen LogP contribution is -2.41. The van der Waals surface area contributed by atoms with Gasteiger partial charge in [-0.15, -0.1) is 0 Å². The van der Waals surface area contributed by atoms with Gasteiger partial charge in [0.15, 0.2) is 0 Å². The number of hydrogen-bond donors (Lipinski definition) is 3. The average Bonchev–Trinajstić information content (AvgIpc) is 2.58. The van der Waals surface area contributed by atoms with Gasteiger partial charge in [-0.3, -0.25) is 14.3 Å². The third kappa shape index (κ3) is 4.75. The second-order valence-electron chi connectivity index (χ2n) is 5.34. The van der Waals surface area contributed by atoms with Crippen LogP contribution in [0.2, 0.25) is 0 Å². The zero-order valence-corrected chi connectivity index (χ0v) is 13.0. The van der Waals surface area contributed by atoms with Gasteiger partial charge in [0.25, 0.3) is 0 Å². The van der Waals surface area contributed by atoms with E-state index < -0.39 is 11.8 Å². The van der Waals surface area contributed by atoms with Crippen molar-refractivity contribution in [3.8, 4) is 0 Å². The van der Waals surface area contributed by atoms with Gasteiger partial charge >= 0.3 is 0 Å². The summed E-state index contributed by atoms with van der Waals surface area (Å²) in [7, 11) is 1.76. The smallest absolute Gasteiger partial charge is 0.237 e.